The van der Waals surface area contributed by atoms with Crippen LogP contribution in [0.3, 0.4) is 0 Å². The SMILES string of the molecule is O=C([C@@H]1[C@@H](c2ccccc2)N1C(c1ccccc1)c1ccccc1)[C@H]1[C@H](c2ccccc2)N1C(c1ccccc1)c1ccccc1. The van der Waals surface area contributed by atoms with E-state index in [1.165, 1.54) is 33.4 Å². The smallest absolute Gasteiger partial charge is 0.171 e. The highest BCUT2D eigenvalue weighted by Crippen LogP contribution is 2.58. The maximum Gasteiger partial charge on any atom is 0.171 e. The quantitative estimate of drug-likeness (QED) is 0.147. The fourth-order valence-corrected chi connectivity index (χ4v) is 7.54. The zero-order valence-electron chi connectivity index (χ0n) is 25.6. The molecule has 2 aliphatic rings. The fourth-order valence-electron chi connectivity index (χ4n) is 7.54. The van der Waals surface area contributed by atoms with E-state index < -0.39 is 0 Å². The first-order chi connectivity index (χ1) is 22.8. The van der Waals surface area contributed by atoms with Crippen LogP contribution in [0, 0.1) is 0 Å². The van der Waals surface area contributed by atoms with Crippen molar-refractivity contribution in [1.82, 2.24) is 9.80 Å². The Balaban J connectivity index is 1.23. The summed E-state index contributed by atoms with van der Waals surface area (Å²) in [6, 6.07) is 63.1. The normalized spacial score (nSPS) is 23.3. The van der Waals surface area contributed by atoms with E-state index in [9.17, 15) is 0 Å². The molecular formula is C43H36N2O. The van der Waals surface area contributed by atoms with Gasteiger partial charge in [-0.25, -0.2) is 0 Å². The molecule has 3 heteroatoms. The van der Waals surface area contributed by atoms with E-state index in [4.69, 9.17) is 0 Å². The van der Waals surface area contributed by atoms with Crippen LogP contribution in [0.1, 0.15) is 57.5 Å². The summed E-state index contributed by atoms with van der Waals surface area (Å²) in [5, 5.41) is 0. The minimum absolute atomic E-state index is 0.00936. The van der Waals surface area contributed by atoms with Gasteiger partial charge in [0.25, 0.3) is 0 Å². The van der Waals surface area contributed by atoms with Gasteiger partial charge in [0.05, 0.1) is 36.3 Å². The predicted octanol–water partition coefficient (Wildman–Crippen LogP) is 8.99. The number of hydrogen-bond acceptors (Lipinski definition) is 3. The van der Waals surface area contributed by atoms with Crippen molar-refractivity contribution >= 4 is 5.78 Å². The van der Waals surface area contributed by atoms with Crippen molar-refractivity contribution in [3.05, 3.63) is 215 Å². The van der Waals surface area contributed by atoms with Gasteiger partial charge >= 0.3 is 0 Å². The monoisotopic (exact) mass is 596 g/mol. The molecule has 2 saturated heterocycles. The van der Waals surface area contributed by atoms with E-state index in [1.807, 2.05) is 0 Å². The van der Waals surface area contributed by atoms with Gasteiger partial charge in [-0.1, -0.05) is 182 Å². The number of carbonyl (C=O) groups excluding carboxylic acids is 1. The lowest BCUT2D eigenvalue weighted by atomic mass is 9.98. The highest BCUT2D eigenvalue weighted by Gasteiger charge is 2.65. The number of hydrogen-bond donors (Lipinski definition) is 0. The van der Waals surface area contributed by atoms with E-state index in [0.717, 1.165) is 0 Å². The molecule has 0 bridgehead atoms. The number of ketones is 1. The van der Waals surface area contributed by atoms with Crippen LogP contribution in [0.2, 0.25) is 0 Å². The molecule has 0 aliphatic carbocycles. The van der Waals surface area contributed by atoms with E-state index in [-0.39, 0.29) is 42.0 Å². The van der Waals surface area contributed by atoms with Gasteiger partial charge in [0.2, 0.25) is 0 Å². The first-order valence-electron chi connectivity index (χ1n) is 16.2. The van der Waals surface area contributed by atoms with Crippen LogP contribution in [-0.2, 0) is 4.79 Å². The van der Waals surface area contributed by atoms with Crippen LogP contribution in [0.4, 0.5) is 0 Å². The Labute approximate surface area is 271 Å². The van der Waals surface area contributed by atoms with Gasteiger partial charge in [-0.3, -0.25) is 14.6 Å². The van der Waals surface area contributed by atoms with Crippen LogP contribution in [0.15, 0.2) is 182 Å². The minimum atomic E-state index is -0.249. The van der Waals surface area contributed by atoms with Gasteiger partial charge in [-0.15, -0.1) is 0 Å². The zero-order chi connectivity index (χ0) is 30.9. The highest BCUT2D eigenvalue weighted by atomic mass is 16.1. The number of carbonyl (C=O) groups is 1. The topological polar surface area (TPSA) is 23.1 Å². The van der Waals surface area contributed by atoms with Crippen molar-refractivity contribution < 1.29 is 4.79 Å². The number of nitrogens with zero attached hydrogens (tertiary/aromatic N) is 2. The molecule has 0 spiro atoms. The summed E-state index contributed by atoms with van der Waals surface area (Å²) in [5.41, 5.74) is 7.16. The van der Waals surface area contributed by atoms with Crippen molar-refractivity contribution in [2.75, 3.05) is 0 Å². The molecule has 0 radical (unpaired) electrons. The second-order valence-corrected chi connectivity index (χ2v) is 12.3. The van der Waals surface area contributed by atoms with Crippen LogP contribution in [-0.4, -0.2) is 27.7 Å². The lowest BCUT2D eigenvalue weighted by molar-refractivity contribution is -0.119. The molecule has 46 heavy (non-hydrogen) atoms. The molecule has 2 heterocycles. The van der Waals surface area contributed by atoms with Gasteiger partial charge in [0.15, 0.2) is 5.78 Å². The number of Topliss-reactive ketones (excluding diaryl/α,β-unsaturated/α-hetero) is 1. The maximum absolute atomic E-state index is 15.2. The molecule has 3 nitrogen and oxygen atoms in total. The zero-order valence-corrected chi connectivity index (χ0v) is 25.6. The van der Waals surface area contributed by atoms with Gasteiger partial charge in [-0.05, 0) is 33.4 Å². The Morgan fingerprint density at radius 1 is 0.370 bits per heavy atom. The summed E-state index contributed by atoms with van der Waals surface area (Å²) in [5.74, 6) is 0.288. The third-order valence-corrected chi connectivity index (χ3v) is 9.63. The molecule has 0 amide bonds. The van der Waals surface area contributed by atoms with Crippen LogP contribution < -0.4 is 0 Å². The average molecular weight is 597 g/mol. The third-order valence-electron chi connectivity index (χ3n) is 9.63. The Hall–Kier alpha value is -5.09. The molecule has 0 N–H and O–H groups in total. The Kier molecular flexibility index (Phi) is 7.63. The van der Waals surface area contributed by atoms with Crippen molar-refractivity contribution in [2.24, 2.45) is 0 Å². The second-order valence-electron chi connectivity index (χ2n) is 12.3. The Bertz CT molecular complexity index is 1660. The molecule has 0 saturated carbocycles. The van der Waals surface area contributed by atoms with Crippen molar-refractivity contribution in [3.8, 4) is 0 Å². The summed E-state index contributed by atoms with van der Waals surface area (Å²) in [6.45, 7) is 0. The molecule has 8 rings (SSSR count). The van der Waals surface area contributed by atoms with E-state index >= 15 is 4.79 Å². The minimum Gasteiger partial charge on any atom is -0.296 e. The second kappa shape index (κ2) is 12.4. The van der Waals surface area contributed by atoms with Crippen LogP contribution >= 0.6 is 0 Å². The Morgan fingerprint density at radius 3 is 0.870 bits per heavy atom. The summed E-state index contributed by atoms with van der Waals surface area (Å²) >= 11 is 0. The molecule has 6 aromatic rings. The van der Waals surface area contributed by atoms with Crippen LogP contribution in [0.25, 0.3) is 0 Å². The Morgan fingerprint density at radius 2 is 0.609 bits per heavy atom. The number of rotatable bonds is 10. The first-order valence-corrected chi connectivity index (χ1v) is 16.2. The lowest BCUT2D eigenvalue weighted by Crippen LogP contribution is -2.26. The molecule has 2 fully saturated rings. The molecule has 2 aliphatic heterocycles. The lowest BCUT2D eigenvalue weighted by Gasteiger charge is -2.22. The van der Waals surface area contributed by atoms with Crippen molar-refractivity contribution in [2.45, 2.75) is 36.3 Å². The number of benzene rings is 6. The van der Waals surface area contributed by atoms with Crippen molar-refractivity contribution in [3.63, 3.8) is 0 Å². The molecule has 6 atom stereocenters. The van der Waals surface area contributed by atoms with E-state index in [2.05, 4.69) is 192 Å². The average Bonchev–Trinajstić information content (AvgIpc) is 4.05. The molecule has 6 aromatic carbocycles. The molecule has 224 valence electrons. The third kappa shape index (κ3) is 5.28. The van der Waals surface area contributed by atoms with Gasteiger partial charge in [0.1, 0.15) is 0 Å². The van der Waals surface area contributed by atoms with E-state index in [1.54, 1.807) is 0 Å². The predicted molar refractivity (Wildman–Crippen MR) is 184 cm³/mol. The summed E-state index contributed by atoms with van der Waals surface area (Å²) in [4.78, 5) is 20.1. The largest absolute Gasteiger partial charge is 0.296 e. The molecular weight excluding hydrogens is 560 g/mol. The van der Waals surface area contributed by atoms with Gasteiger partial charge in [0, 0.05) is 0 Å². The van der Waals surface area contributed by atoms with Crippen molar-refractivity contribution in [1.29, 1.82) is 0 Å². The summed E-state index contributed by atoms with van der Waals surface area (Å²) < 4.78 is 0. The van der Waals surface area contributed by atoms with Crippen LogP contribution in [0.5, 0.6) is 0 Å². The summed E-state index contributed by atoms with van der Waals surface area (Å²) in [7, 11) is 0. The van der Waals surface area contributed by atoms with Gasteiger partial charge < -0.3 is 0 Å². The molecule has 2 unspecified atom stereocenters. The van der Waals surface area contributed by atoms with E-state index in [0.29, 0.717) is 0 Å². The molecule has 0 aromatic heterocycles. The summed E-state index contributed by atoms with van der Waals surface area (Å²) in [6.07, 6.45) is 0. The maximum atomic E-state index is 15.2. The first kappa shape index (κ1) is 28.4. The highest BCUT2D eigenvalue weighted by molar-refractivity contribution is 5.96. The standard InChI is InChI=1S/C43H36N2O/c46-43(41-39(35-27-15-5-16-28-35)44(41)37(31-19-7-1-8-20-31)32-21-9-2-10-22-32)42-40(36-29-17-6-18-30-36)45(42)38(33-23-11-3-12-24-33)34-25-13-4-14-26-34/h1-30,37-42H/t39-,40+,41+,42-,44?,45?. The van der Waals surface area contributed by atoms with Gasteiger partial charge in [-0.2, -0.15) is 0 Å². The fraction of sp³-hybridized carbons (Fsp3) is 0.140.